The SMILES string of the molecule is Fc1ccc(Nc2nncc(NC3CCCCCC3)n2)cc1F. The van der Waals surface area contributed by atoms with Gasteiger partial charge in [-0.25, -0.2) is 8.78 Å². The molecule has 0 aliphatic heterocycles. The highest BCUT2D eigenvalue weighted by Gasteiger charge is 2.13. The van der Waals surface area contributed by atoms with Crippen molar-refractivity contribution in [2.24, 2.45) is 0 Å². The van der Waals surface area contributed by atoms with Crippen LogP contribution < -0.4 is 10.6 Å². The van der Waals surface area contributed by atoms with Gasteiger partial charge in [0.2, 0.25) is 5.95 Å². The first-order valence-electron chi connectivity index (χ1n) is 7.89. The van der Waals surface area contributed by atoms with Crippen molar-refractivity contribution in [2.45, 2.75) is 44.6 Å². The van der Waals surface area contributed by atoms with E-state index < -0.39 is 11.6 Å². The number of benzene rings is 1. The summed E-state index contributed by atoms with van der Waals surface area (Å²) < 4.78 is 26.2. The molecule has 2 N–H and O–H groups in total. The van der Waals surface area contributed by atoms with Gasteiger partial charge >= 0.3 is 0 Å². The van der Waals surface area contributed by atoms with Crippen LogP contribution in [-0.2, 0) is 0 Å². The van der Waals surface area contributed by atoms with Gasteiger partial charge in [0, 0.05) is 17.8 Å². The predicted octanol–water partition coefficient (Wildman–Crippen LogP) is 4.03. The summed E-state index contributed by atoms with van der Waals surface area (Å²) in [6.07, 6.45) is 8.81. The maximum atomic E-state index is 13.2. The van der Waals surface area contributed by atoms with Gasteiger partial charge in [0.05, 0.1) is 6.20 Å². The zero-order chi connectivity index (χ0) is 16.1. The molecule has 1 aromatic carbocycles. The van der Waals surface area contributed by atoms with Crippen LogP contribution in [0.15, 0.2) is 24.4 Å². The Morgan fingerprint density at radius 3 is 2.52 bits per heavy atom. The topological polar surface area (TPSA) is 62.7 Å². The molecule has 1 saturated carbocycles. The monoisotopic (exact) mass is 319 g/mol. The minimum atomic E-state index is -0.921. The van der Waals surface area contributed by atoms with Crippen LogP contribution in [0.25, 0.3) is 0 Å². The van der Waals surface area contributed by atoms with Crippen molar-refractivity contribution >= 4 is 17.5 Å². The molecular weight excluding hydrogens is 300 g/mol. The number of nitrogens with zero attached hydrogens (tertiary/aromatic N) is 3. The molecule has 122 valence electrons. The standard InChI is InChI=1S/C16H19F2N5/c17-13-8-7-12(9-14(13)18)21-16-22-15(10-19-23-16)20-11-5-3-1-2-4-6-11/h7-11H,1-6H2,(H2,20,21,22,23). The Kier molecular flexibility index (Phi) is 4.95. The zero-order valence-electron chi connectivity index (χ0n) is 12.7. The van der Waals surface area contributed by atoms with Crippen LogP contribution in [0.3, 0.4) is 0 Å². The van der Waals surface area contributed by atoms with Gasteiger partial charge in [-0.15, -0.1) is 5.10 Å². The van der Waals surface area contributed by atoms with Gasteiger partial charge in [-0.3, -0.25) is 0 Å². The second-order valence-electron chi connectivity index (χ2n) is 5.75. The van der Waals surface area contributed by atoms with E-state index >= 15 is 0 Å². The Balaban J connectivity index is 1.67. The highest BCUT2D eigenvalue weighted by molar-refractivity contribution is 5.54. The molecule has 0 atom stereocenters. The van der Waals surface area contributed by atoms with Gasteiger partial charge in [-0.2, -0.15) is 10.1 Å². The molecular formula is C16H19F2N5. The lowest BCUT2D eigenvalue weighted by Crippen LogP contribution is -2.19. The molecule has 1 fully saturated rings. The fourth-order valence-electron chi connectivity index (χ4n) is 2.76. The Labute approximate surface area is 133 Å². The van der Waals surface area contributed by atoms with Gasteiger partial charge in [-0.1, -0.05) is 25.7 Å². The molecule has 3 rings (SSSR count). The largest absolute Gasteiger partial charge is 0.366 e. The normalized spacial score (nSPS) is 15.9. The van der Waals surface area contributed by atoms with Gasteiger partial charge < -0.3 is 10.6 Å². The fraction of sp³-hybridized carbons (Fsp3) is 0.438. The molecule has 0 unspecified atom stereocenters. The van der Waals surface area contributed by atoms with Crippen LogP contribution in [0.5, 0.6) is 0 Å². The van der Waals surface area contributed by atoms with Crippen LogP contribution in [-0.4, -0.2) is 21.2 Å². The first-order valence-corrected chi connectivity index (χ1v) is 7.89. The third-order valence-corrected chi connectivity index (χ3v) is 3.94. The predicted molar refractivity (Wildman–Crippen MR) is 84.6 cm³/mol. The second kappa shape index (κ2) is 7.30. The molecule has 0 amide bonds. The van der Waals surface area contributed by atoms with E-state index in [1.807, 2.05) is 0 Å². The Morgan fingerprint density at radius 2 is 1.78 bits per heavy atom. The number of hydrogen-bond donors (Lipinski definition) is 2. The molecule has 0 saturated heterocycles. The first-order chi connectivity index (χ1) is 11.2. The van der Waals surface area contributed by atoms with Crippen LogP contribution in [0.1, 0.15) is 38.5 Å². The first kappa shape index (κ1) is 15.6. The van der Waals surface area contributed by atoms with Crippen molar-refractivity contribution in [3.8, 4) is 0 Å². The molecule has 0 bridgehead atoms. The van der Waals surface area contributed by atoms with Gasteiger partial charge in [0.15, 0.2) is 17.5 Å². The van der Waals surface area contributed by atoms with Crippen LogP contribution in [0, 0.1) is 11.6 Å². The highest BCUT2D eigenvalue weighted by Crippen LogP contribution is 2.21. The van der Waals surface area contributed by atoms with E-state index in [-0.39, 0.29) is 5.95 Å². The number of halogens is 2. The van der Waals surface area contributed by atoms with E-state index in [2.05, 4.69) is 25.8 Å². The number of nitrogens with one attached hydrogen (secondary N) is 2. The van der Waals surface area contributed by atoms with E-state index in [0.29, 0.717) is 17.5 Å². The maximum absolute atomic E-state index is 13.2. The van der Waals surface area contributed by atoms with E-state index in [4.69, 9.17) is 0 Å². The van der Waals surface area contributed by atoms with Crippen molar-refractivity contribution in [3.05, 3.63) is 36.0 Å². The number of rotatable bonds is 4. The summed E-state index contributed by atoms with van der Waals surface area (Å²) in [5, 5.41) is 14.0. The lowest BCUT2D eigenvalue weighted by atomic mass is 10.1. The van der Waals surface area contributed by atoms with Crippen molar-refractivity contribution < 1.29 is 8.78 Å². The van der Waals surface area contributed by atoms with E-state index in [9.17, 15) is 8.78 Å². The van der Waals surface area contributed by atoms with Crippen LogP contribution in [0.2, 0.25) is 0 Å². The summed E-state index contributed by atoms with van der Waals surface area (Å²) in [4.78, 5) is 4.33. The number of hydrogen-bond acceptors (Lipinski definition) is 5. The quantitative estimate of drug-likeness (QED) is 0.833. The molecule has 1 aromatic heterocycles. The summed E-state index contributed by atoms with van der Waals surface area (Å²) in [6.45, 7) is 0. The lowest BCUT2D eigenvalue weighted by molar-refractivity contribution is 0.509. The average Bonchev–Trinajstić information content (AvgIpc) is 2.80. The summed E-state index contributed by atoms with van der Waals surface area (Å²) in [5.41, 5.74) is 0.373. The van der Waals surface area contributed by atoms with Crippen molar-refractivity contribution in [2.75, 3.05) is 10.6 Å². The zero-order valence-corrected chi connectivity index (χ0v) is 12.7. The lowest BCUT2D eigenvalue weighted by Gasteiger charge is -2.16. The fourth-order valence-corrected chi connectivity index (χ4v) is 2.76. The number of anilines is 3. The van der Waals surface area contributed by atoms with Gasteiger partial charge in [-0.05, 0) is 25.0 Å². The molecule has 23 heavy (non-hydrogen) atoms. The van der Waals surface area contributed by atoms with Crippen LogP contribution in [0.4, 0.5) is 26.2 Å². The highest BCUT2D eigenvalue weighted by atomic mass is 19.2. The van der Waals surface area contributed by atoms with Gasteiger partial charge in [0.1, 0.15) is 0 Å². The second-order valence-corrected chi connectivity index (χ2v) is 5.75. The molecule has 1 aliphatic carbocycles. The molecule has 1 aliphatic rings. The molecule has 0 radical (unpaired) electrons. The Hall–Kier alpha value is -2.31. The molecule has 1 heterocycles. The summed E-state index contributed by atoms with van der Waals surface area (Å²) >= 11 is 0. The molecule has 2 aromatic rings. The van der Waals surface area contributed by atoms with Gasteiger partial charge in [0.25, 0.3) is 0 Å². The third kappa shape index (κ3) is 4.34. The van der Waals surface area contributed by atoms with Crippen molar-refractivity contribution in [1.82, 2.24) is 15.2 Å². The Bertz CT molecular complexity index is 657. The average molecular weight is 319 g/mol. The number of aromatic nitrogens is 3. The van der Waals surface area contributed by atoms with Crippen LogP contribution >= 0.6 is 0 Å². The van der Waals surface area contributed by atoms with E-state index in [1.165, 1.54) is 31.7 Å². The van der Waals surface area contributed by atoms with E-state index in [1.54, 1.807) is 6.20 Å². The Morgan fingerprint density at radius 1 is 1.00 bits per heavy atom. The van der Waals surface area contributed by atoms with Crippen molar-refractivity contribution in [1.29, 1.82) is 0 Å². The molecule has 5 nitrogen and oxygen atoms in total. The molecule has 7 heteroatoms. The van der Waals surface area contributed by atoms with Crippen molar-refractivity contribution in [3.63, 3.8) is 0 Å². The third-order valence-electron chi connectivity index (χ3n) is 3.94. The summed E-state index contributed by atoms with van der Waals surface area (Å²) in [6, 6.07) is 3.93. The summed E-state index contributed by atoms with van der Waals surface area (Å²) in [7, 11) is 0. The maximum Gasteiger partial charge on any atom is 0.249 e. The van der Waals surface area contributed by atoms with E-state index in [0.717, 1.165) is 25.0 Å². The molecule has 0 spiro atoms. The minimum absolute atomic E-state index is 0.245. The minimum Gasteiger partial charge on any atom is -0.366 e. The smallest absolute Gasteiger partial charge is 0.249 e. The summed E-state index contributed by atoms with van der Waals surface area (Å²) in [5.74, 6) is -0.930.